The second kappa shape index (κ2) is 9.09. The van der Waals surface area contributed by atoms with Crippen LogP contribution in [0.5, 0.6) is 0 Å². The Morgan fingerprint density at radius 1 is 1.58 bits per heavy atom. The number of amides is 1. The van der Waals surface area contributed by atoms with Crippen LogP contribution in [-0.2, 0) is 4.74 Å². The van der Waals surface area contributed by atoms with Crippen molar-refractivity contribution < 1.29 is 14.6 Å². The Morgan fingerprint density at radius 3 is 3.16 bits per heavy atom. The van der Waals surface area contributed by atoms with Gasteiger partial charge in [-0.05, 0) is 13.0 Å². The number of aromatic nitrogens is 1. The fraction of sp³-hybridized carbons (Fsp3) is 0.429. The summed E-state index contributed by atoms with van der Waals surface area (Å²) in [5.41, 5.74) is 1.04. The van der Waals surface area contributed by atoms with Gasteiger partial charge in [-0.2, -0.15) is 0 Å². The van der Waals surface area contributed by atoms with Crippen molar-refractivity contribution in [2.24, 2.45) is 0 Å². The molecule has 1 amide bonds. The molecule has 0 radical (unpaired) electrons. The van der Waals surface area contributed by atoms with Crippen LogP contribution < -0.4 is 5.32 Å². The fourth-order valence-electron chi connectivity index (χ4n) is 1.38. The van der Waals surface area contributed by atoms with Crippen LogP contribution in [0.15, 0.2) is 18.5 Å². The van der Waals surface area contributed by atoms with Crippen molar-refractivity contribution >= 4 is 5.91 Å². The summed E-state index contributed by atoms with van der Waals surface area (Å²) in [5.74, 6) is 5.41. The van der Waals surface area contributed by atoms with Crippen LogP contribution in [0.25, 0.3) is 0 Å². The van der Waals surface area contributed by atoms with E-state index in [4.69, 9.17) is 9.84 Å². The van der Waals surface area contributed by atoms with Gasteiger partial charge in [-0.3, -0.25) is 9.78 Å². The van der Waals surface area contributed by atoms with Crippen LogP contribution in [0.1, 0.15) is 29.3 Å². The monoisotopic (exact) mass is 262 g/mol. The first kappa shape index (κ1) is 15.2. The highest BCUT2D eigenvalue weighted by atomic mass is 16.5. The largest absolute Gasteiger partial charge is 0.395 e. The van der Waals surface area contributed by atoms with E-state index < -0.39 is 0 Å². The van der Waals surface area contributed by atoms with Gasteiger partial charge in [0, 0.05) is 32.0 Å². The molecule has 1 aromatic rings. The summed E-state index contributed by atoms with van der Waals surface area (Å²) < 4.78 is 5.15. The number of carbonyl (C=O) groups excluding carboxylic acids is 1. The predicted molar refractivity (Wildman–Crippen MR) is 71.6 cm³/mol. The van der Waals surface area contributed by atoms with E-state index in [-0.39, 0.29) is 12.5 Å². The van der Waals surface area contributed by atoms with Crippen molar-refractivity contribution in [1.29, 1.82) is 0 Å². The molecule has 1 rings (SSSR count). The van der Waals surface area contributed by atoms with E-state index >= 15 is 0 Å². The lowest BCUT2D eigenvalue weighted by Crippen LogP contribution is -2.28. The highest BCUT2D eigenvalue weighted by Crippen LogP contribution is 2.05. The van der Waals surface area contributed by atoms with E-state index in [9.17, 15) is 4.79 Å². The molecule has 0 unspecified atom stereocenters. The molecule has 19 heavy (non-hydrogen) atoms. The van der Waals surface area contributed by atoms with Gasteiger partial charge in [-0.1, -0.05) is 11.8 Å². The zero-order valence-electron chi connectivity index (χ0n) is 11.0. The molecule has 2 N–H and O–H groups in total. The van der Waals surface area contributed by atoms with E-state index in [1.54, 1.807) is 18.5 Å². The predicted octanol–water partition coefficient (Wildman–Crippen LogP) is 0.582. The van der Waals surface area contributed by atoms with Gasteiger partial charge in [-0.15, -0.1) is 0 Å². The molecule has 0 saturated heterocycles. The van der Waals surface area contributed by atoms with Crippen LogP contribution in [0.2, 0.25) is 0 Å². The lowest BCUT2D eigenvalue weighted by Gasteiger charge is -2.06. The molecule has 0 aliphatic heterocycles. The number of hydrogen-bond donors (Lipinski definition) is 2. The lowest BCUT2D eigenvalue weighted by atomic mass is 10.1. The number of pyridine rings is 1. The first-order chi connectivity index (χ1) is 9.29. The Bertz CT molecular complexity index is 463. The number of rotatable bonds is 6. The number of ether oxygens (including phenoxy) is 1. The molecule has 0 atom stereocenters. The van der Waals surface area contributed by atoms with E-state index in [1.165, 1.54) is 0 Å². The van der Waals surface area contributed by atoms with Gasteiger partial charge in [0.1, 0.15) is 0 Å². The van der Waals surface area contributed by atoms with Crippen LogP contribution in [0, 0.1) is 11.8 Å². The van der Waals surface area contributed by atoms with Gasteiger partial charge in [0.15, 0.2) is 0 Å². The third-order valence-electron chi connectivity index (χ3n) is 2.26. The molecule has 0 saturated carbocycles. The molecule has 0 fully saturated rings. The topological polar surface area (TPSA) is 71.5 Å². The van der Waals surface area contributed by atoms with Crippen LogP contribution in [-0.4, -0.2) is 42.4 Å². The zero-order chi connectivity index (χ0) is 13.9. The maximum atomic E-state index is 11.9. The maximum absolute atomic E-state index is 11.9. The number of aliphatic hydroxyl groups excluding tert-OH is 1. The van der Waals surface area contributed by atoms with Crippen molar-refractivity contribution in [1.82, 2.24) is 10.3 Å². The molecule has 0 aromatic carbocycles. The van der Waals surface area contributed by atoms with Crippen LogP contribution >= 0.6 is 0 Å². The normalized spacial score (nSPS) is 9.58. The average molecular weight is 262 g/mol. The van der Waals surface area contributed by atoms with Crippen molar-refractivity contribution in [3.05, 3.63) is 29.6 Å². The van der Waals surface area contributed by atoms with E-state index in [2.05, 4.69) is 22.1 Å². The molecule has 0 spiro atoms. The van der Waals surface area contributed by atoms with Crippen LogP contribution in [0.3, 0.4) is 0 Å². The molecular formula is C14H18N2O3. The highest BCUT2D eigenvalue weighted by Gasteiger charge is 2.09. The highest BCUT2D eigenvalue weighted by molar-refractivity contribution is 5.96. The molecule has 1 aromatic heterocycles. The van der Waals surface area contributed by atoms with Crippen LogP contribution in [0.4, 0.5) is 0 Å². The molecule has 5 nitrogen and oxygen atoms in total. The van der Waals surface area contributed by atoms with Gasteiger partial charge in [-0.25, -0.2) is 0 Å². The smallest absolute Gasteiger partial charge is 0.252 e. The quantitative estimate of drug-likeness (QED) is 0.581. The van der Waals surface area contributed by atoms with Crippen molar-refractivity contribution in [3.8, 4) is 11.8 Å². The number of nitrogens with one attached hydrogen (secondary N) is 1. The first-order valence-corrected chi connectivity index (χ1v) is 6.19. The van der Waals surface area contributed by atoms with Crippen molar-refractivity contribution in [3.63, 3.8) is 0 Å². The minimum absolute atomic E-state index is 0.00312. The lowest BCUT2D eigenvalue weighted by molar-refractivity contribution is 0.0922. The molecule has 0 aliphatic rings. The number of hydrogen-bond acceptors (Lipinski definition) is 4. The molecule has 0 aliphatic carbocycles. The summed E-state index contributed by atoms with van der Waals surface area (Å²) >= 11 is 0. The summed E-state index contributed by atoms with van der Waals surface area (Å²) in [7, 11) is 0. The Labute approximate surface area is 113 Å². The summed E-state index contributed by atoms with van der Waals surface area (Å²) in [6.45, 7) is 3.48. The van der Waals surface area contributed by atoms with Gasteiger partial charge in [0.2, 0.25) is 0 Å². The second-order valence-corrected chi connectivity index (χ2v) is 3.65. The van der Waals surface area contributed by atoms with E-state index in [0.29, 0.717) is 37.3 Å². The Balaban J connectivity index is 2.66. The standard InChI is InChI=1S/C14H18N2O3/c1-2-19-10-8-16-14(18)13-6-7-15-11-12(13)5-3-4-9-17/h6-7,11,17H,2,4,8-10H2,1H3,(H,16,18). The van der Waals surface area contributed by atoms with Gasteiger partial charge in [0.25, 0.3) is 5.91 Å². The molecule has 5 heteroatoms. The third-order valence-corrected chi connectivity index (χ3v) is 2.26. The number of nitrogens with zero attached hydrogens (tertiary/aromatic N) is 1. The Kier molecular flexibility index (Phi) is 7.25. The van der Waals surface area contributed by atoms with Gasteiger partial charge >= 0.3 is 0 Å². The minimum atomic E-state index is -0.199. The molecular weight excluding hydrogens is 244 g/mol. The Hall–Kier alpha value is -1.90. The summed E-state index contributed by atoms with van der Waals surface area (Å²) in [6.07, 6.45) is 3.47. The van der Waals surface area contributed by atoms with Crippen molar-refractivity contribution in [2.75, 3.05) is 26.4 Å². The maximum Gasteiger partial charge on any atom is 0.252 e. The Morgan fingerprint density at radius 2 is 2.42 bits per heavy atom. The SMILES string of the molecule is CCOCCNC(=O)c1ccncc1C#CCCO. The summed E-state index contributed by atoms with van der Waals surface area (Å²) in [4.78, 5) is 15.9. The minimum Gasteiger partial charge on any atom is -0.395 e. The zero-order valence-corrected chi connectivity index (χ0v) is 11.0. The molecule has 0 bridgehead atoms. The first-order valence-electron chi connectivity index (χ1n) is 6.19. The summed E-state index contributed by atoms with van der Waals surface area (Å²) in [6, 6.07) is 1.62. The van der Waals surface area contributed by atoms with Gasteiger partial charge in [0.05, 0.1) is 24.3 Å². The average Bonchev–Trinajstić information content (AvgIpc) is 2.44. The van der Waals surface area contributed by atoms with E-state index in [1.807, 2.05) is 6.92 Å². The number of carbonyl (C=O) groups is 1. The number of aliphatic hydroxyl groups is 1. The second-order valence-electron chi connectivity index (χ2n) is 3.65. The van der Waals surface area contributed by atoms with E-state index in [0.717, 1.165) is 0 Å². The molecule has 102 valence electrons. The fourth-order valence-corrected chi connectivity index (χ4v) is 1.38. The summed E-state index contributed by atoms with van der Waals surface area (Å²) in [5, 5.41) is 11.4. The third kappa shape index (κ3) is 5.51. The molecule has 1 heterocycles. The van der Waals surface area contributed by atoms with Gasteiger partial charge < -0.3 is 15.2 Å². The van der Waals surface area contributed by atoms with Crippen molar-refractivity contribution in [2.45, 2.75) is 13.3 Å².